The van der Waals surface area contributed by atoms with Crippen molar-refractivity contribution in [2.45, 2.75) is 124 Å². The summed E-state index contributed by atoms with van der Waals surface area (Å²) in [6, 6.07) is 19.8. The molecule has 4 N–H and O–H groups in total. The Morgan fingerprint density at radius 3 is 1.49 bits per heavy atom. The Kier molecular flexibility index (Phi) is 21.3. The fraction of sp³-hybridized carbons (Fsp3) is 0.375. The molecule has 8 rings (SSSR count). The first-order valence-electron chi connectivity index (χ1n) is 26.1. The molecule has 80 heavy (non-hydrogen) atoms. The van der Waals surface area contributed by atoms with Gasteiger partial charge >= 0.3 is 0 Å². The molecular formula is C56H69BrN14O7Si2. The maximum absolute atomic E-state index is 12.8. The van der Waals surface area contributed by atoms with E-state index in [2.05, 4.69) is 112 Å². The van der Waals surface area contributed by atoms with Crippen LogP contribution in [0.25, 0.3) is 33.5 Å². The fourth-order valence-corrected chi connectivity index (χ4v) is 9.14. The number of hydrogen-bond donors (Lipinski definition) is 4. The number of ether oxygens (including phenoxy) is 4. The lowest BCUT2D eigenvalue weighted by atomic mass is 10.2. The number of nitrogens with zero attached hydrogens (tertiary/aromatic N) is 10. The third-order valence-electron chi connectivity index (χ3n) is 11.3. The zero-order valence-corrected chi connectivity index (χ0v) is 50.9. The molecule has 0 aliphatic carbocycles. The highest BCUT2D eigenvalue weighted by atomic mass is 79.9. The third kappa shape index (κ3) is 18.1. The predicted molar refractivity (Wildman–Crippen MR) is 315 cm³/mol. The van der Waals surface area contributed by atoms with E-state index in [-0.39, 0.29) is 54.3 Å². The summed E-state index contributed by atoms with van der Waals surface area (Å²) in [5.74, 6) is 0.826. The number of halogens is 1. The first kappa shape index (κ1) is 61.3. The van der Waals surface area contributed by atoms with Gasteiger partial charge in [0.25, 0.3) is 17.7 Å². The van der Waals surface area contributed by atoms with Crippen LogP contribution >= 0.6 is 15.9 Å². The normalized spacial score (nSPS) is 11.4. The molecule has 21 nitrogen and oxygen atoms in total. The average molecular weight is 1190 g/mol. The van der Waals surface area contributed by atoms with Gasteiger partial charge in [0.05, 0.1) is 58.5 Å². The van der Waals surface area contributed by atoms with E-state index in [4.69, 9.17) is 29.5 Å². The van der Waals surface area contributed by atoms with E-state index in [0.29, 0.717) is 97.4 Å². The maximum atomic E-state index is 12.8. The van der Waals surface area contributed by atoms with E-state index in [9.17, 15) is 14.4 Å². The maximum Gasteiger partial charge on any atom is 0.255 e. The summed E-state index contributed by atoms with van der Waals surface area (Å²) in [6.45, 7) is 27.3. The number of benzene rings is 2. The van der Waals surface area contributed by atoms with Gasteiger partial charge in [0, 0.05) is 66.1 Å². The lowest BCUT2D eigenvalue weighted by molar-refractivity contribution is 0.0886. The number of carbonyl (C=O) groups is 3. The number of aromatic nitrogens is 9. The number of H-pyrrole nitrogens is 1. The van der Waals surface area contributed by atoms with E-state index >= 15 is 0 Å². The van der Waals surface area contributed by atoms with Gasteiger partial charge < -0.3 is 49.0 Å². The molecular weight excluding hydrogens is 1120 g/mol. The summed E-state index contributed by atoms with van der Waals surface area (Å²) >= 11 is 3.32. The number of aromatic amines is 1. The Morgan fingerprint density at radius 1 is 0.613 bits per heavy atom. The highest BCUT2D eigenvalue weighted by molar-refractivity contribution is 9.10. The van der Waals surface area contributed by atoms with E-state index in [0.717, 1.165) is 12.1 Å². The summed E-state index contributed by atoms with van der Waals surface area (Å²) in [6.07, 6.45) is 9.65. The van der Waals surface area contributed by atoms with Crippen LogP contribution in [-0.2, 0) is 22.9 Å². The van der Waals surface area contributed by atoms with Crippen molar-refractivity contribution in [1.82, 2.24) is 60.0 Å². The summed E-state index contributed by atoms with van der Waals surface area (Å²) in [5, 5.41) is 26.6. The minimum absolute atomic E-state index is 0.0172. The Labute approximate surface area is 476 Å². The highest BCUT2D eigenvalue weighted by Gasteiger charge is 2.22. The Morgan fingerprint density at radius 2 is 1.04 bits per heavy atom. The smallest absolute Gasteiger partial charge is 0.255 e. The lowest BCUT2D eigenvalue weighted by Gasteiger charge is -2.15. The first-order valence-corrected chi connectivity index (χ1v) is 34.3. The molecule has 24 heteroatoms. The van der Waals surface area contributed by atoms with Gasteiger partial charge in [-0.3, -0.25) is 14.4 Å². The predicted octanol–water partition coefficient (Wildman–Crippen LogP) is 11.0. The van der Waals surface area contributed by atoms with Gasteiger partial charge in [-0.2, -0.15) is 10.5 Å². The largest absolute Gasteiger partial charge is 0.437 e. The number of amides is 3. The van der Waals surface area contributed by atoms with Crippen molar-refractivity contribution >= 4 is 83.3 Å². The minimum atomic E-state index is -1.19. The van der Waals surface area contributed by atoms with Gasteiger partial charge in [0.2, 0.25) is 11.8 Å². The number of hydrogen-bond acceptors (Lipinski definition) is 15. The molecule has 3 amide bonds. The summed E-state index contributed by atoms with van der Waals surface area (Å²) < 4.78 is 27.3. The van der Waals surface area contributed by atoms with Crippen LogP contribution in [0, 0.1) is 22.7 Å². The van der Waals surface area contributed by atoms with Crippen LogP contribution in [0.15, 0.2) is 90.3 Å². The molecule has 0 spiro atoms. The van der Waals surface area contributed by atoms with E-state index in [1.807, 2.05) is 52.2 Å². The number of rotatable bonds is 20. The Balaban J connectivity index is 0.000000197. The first-order chi connectivity index (χ1) is 37.9. The van der Waals surface area contributed by atoms with Gasteiger partial charge in [0.15, 0.2) is 16.9 Å². The minimum Gasteiger partial charge on any atom is -0.437 e. The van der Waals surface area contributed by atoms with Gasteiger partial charge in [-0.1, -0.05) is 51.4 Å². The summed E-state index contributed by atoms with van der Waals surface area (Å²) in [4.78, 5) is 66.7. The highest BCUT2D eigenvalue weighted by Crippen LogP contribution is 2.27. The van der Waals surface area contributed by atoms with Crippen molar-refractivity contribution in [2.75, 3.05) is 13.2 Å². The van der Waals surface area contributed by atoms with Crippen LogP contribution in [0.1, 0.15) is 83.7 Å². The van der Waals surface area contributed by atoms with Crippen molar-refractivity contribution in [1.29, 1.82) is 10.5 Å². The number of nitriles is 2. The quantitative estimate of drug-likeness (QED) is 0.0408. The lowest BCUT2D eigenvalue weighted by Crippen LogP contribution is -2.30. The van der Waals surface area contributed by atoms with Crippen LogP contribution in [-0.4, -0.2) is 109 Å². The average Bonchev–Trinajstić information content (AvgIpc) is 4.09. The molecule has 6 heterocycles. The Hall–Kier alpha value is -7.88. The molecule has 0 fully saturated rings. The van der Waals surface area contributed by atoms with Gasteiger partial charge in [-0.15, -0.1) is 0 Å². The monoisotopic (exact) mass is 1180 g/mol. The standard InChI is InChI=1S/C23H29N5O3Si.C17H15N5O2.C16H25BrN4O2Si/c1-16(2)26-23(29)19-14-28(15-30-9-10-32(3,4)5)22-21(19)27-20(13-25-22)31-18-8-6-7-17(11-18)12-24;1-10(2)21-17(23)13-8-19-16-15(13)22-14(9-20-16)24-12-5-3-4-11(6-12)7-18;1-11(2)19-16(22)12-9-21(10-23-6-7-24(3,4)5)15-14(12)20-13(17)8-18-15/h6-8,11,13-14,16H,9-10,15H2,1-5H3,(H,26,29);3-6,8-10H,1-2H3,(H,19,20)(H,21,23);8-9,11H,6-7,10H2,1-5H3,(H,19,22). The number of fused-ring (bicyclic) bond motifs is 3. The SMILES string of the molecule is CC(C)NC(=O)c1c[nH]c2ncc(Oc3cccc(C#N)c3)nc12.CC(C)NC(=O)c1cn(COCC[Si](C)(C)C)c2ncc(Br)nc12.CC(C)NC(=O)c1cn(COCC[Si](C)(C)C)c2ncc(Oc3cccc(C#N)c3)nc12. The molecule has 2 aromatic carbocycles. The second-order valence-corrected chi connectivity index (χ2v) is 34.0. The molecule has 0 unspecified atom stereocenters. The van der Waals surface area contributed by atoms with Gasteiger partial charge in [0.1, 0.15) is 46.1 Å². The van der Waals surface area contributed by atoms with Crippen molar-refractivity contribution < 1.29 is 33.3 Å². The van der Waals surface area contributed by atoms with Crippen LogP contribution < -0.4 is 25.4 Å². The Bertz CT molecular complexity index is 3530. The molecule has 0 bridgehead atoms. The summed E-state index contributed by atoms with van der Waals surface area (Å²) in [5.41, 5.74) is 5.45. The molecule has 0 aliphatic heterocycles. The zero-order chi connectivity index (χ0) is 58.3. The molecule has 420 valence electrons. The molecule has 8 aromatic rings. The van der Waals surface area contributed by atoms with Crippen LogP contribution in [0.5, 0.6) is 23.3 Å². The van der Waals surface area contributed by atoms with E-state index < -0.39 is 16.1 Å². The van der Waals surface area contributed by atoms with E-state index in [1.165, 1.54) is 12.4 Å². The zero-order valence-electron chi connectivity index (χ0n) is 47.3. The topological polar surface area (TPSA) is 275 Å². The number of carbonyl (C=O) groups excluding carboxylic acids is 3. The van der Waals surface area contributed by atoms with Crippen LogP contribution in [0.2, 0.25) is 51.4 Å². The molecule has 0 aliphatic rings. The van der Waals surface area contributed by atoms with Gasteiger partial charge in [-0.25, -0.2) is 29.9 Å². The molecule has 0 saturated carbocycles. The third-order valence-corrected chi connectivity index (χ3v) is 15.0. The van der Waals surface area contributed by atoms with Crippen LogP contribution in [0.3, 0.4) is 0 Å². The van der Waals surface area contributed by atoms with Crippen LogP contribution in [0.4, 0.5) is 0 Å². The molecule has 0 saturated heterocycles. The van der Waals surface area contributed by atoms with Crippen molar-refractivity contribution in [3.63, 3.8) is 0 Å². The van der Waals surface area contributed by atoms with Gasteiger partial charge in [-0.05, 0) is 106 Å². The second-order valence-electron chi connectivity index (χ2n) is 21.9. The van der Waals surface area contributed by atoms with E-state index in [1.54, 1.807) is 77.9 Å². The fourth-order valence-electron chi connectivity index (χ4n) is 7.34. The molecule has 0 radical (unpaired) electrons. The second kappa shape index (κ2) is 27.8. The van der Waals surface area contributed by atoms with Crippen molar-refractivity contribution in [3.05, 3.63) is 118 Å². The van der Waals surface area contributed by atoms with Crippen molar-refractivity contribution in [3.8, 4) is 35.4 Å². The number of nitrogens with one attached hydrogen (secondary N) is 4. The summed E-state index contributed by atoms with van der Waals surface area (Å²) in [7, 11) is -2.31. The van der Waals surface area contributed by atoms with Crippen molar-refractivity contribution in [2.24, 2.45) is 0 Å². The molecule has 0 atom stereocenters. The molecule has 6 aromatic heterocycles.